The van der Waals surface area contributed by atoms with Crippen molar-refractivity contribution in [1.29, 1.82) is 0 Å². The van der Waals surface area contributed by atoms with E-state index in [1.807, 2.05) is 54.6 Å². The van der Waals surface area contributed by atoms with E-state index in [1.54, 1.807) is 13.2 Å². The number of rotatable bonds is 4. The summed E-state index contributed by atoms with van der Waals surface area (Å²) in [4.78, 5) is 11.7. The van der Waals surface area contributed by atoms with Crippen LogP contribution >= 0.6 is 0 Å². The second-order valence-electron chi connectivity index (χ2n) is 5.15. The summed E-state index contributed by atoms with van der Waals surface area (Å²) in [5.41, 5.74) is 2.28. The quantitative estimate of drug-likeness (QED) is 0.786. The molecule has 3 aromatic rings. The van der Waals surface area contributed by atoms with Crippen LogP contribution in [0.5, 0.6) is 5.75 Å². The van der Waals surface area contributed by atoms with Crippen LogP contribution in [0.2, 0.25) is 0 Å². The number of methoxy groups -OCH3 is 1. The second kappa shape index (κ2) is 5.90. The Bertz CT molecular complexity index is 823. The van der Waals surface area contributed by atoms with E-state index in [2.05, 4.69) is 0 Å². The van der Waals surface area contributed by atoms with Crippen molar-refractivity contribution in [1.82, 2.24) is 0 Å². The van der Waals surface area contributed by atoms with Crippen LogP contribution in [0.1, 0.15) is 21.5 Å². The number of fused-ring (bicyclic) bond motifs is 1. The Morgan fingerprint density at radius 1 is 1.05 bits per heavy atom. The van der Waals surface area contributed by atoms with Crippen molar-refractivity contribution in [3.05, 3.63) is 77.4 Å². The van der Waals surface area contributed by atoms with Crippen molar-refractivity contribution < 1.29 is 14.6 Å². The average molecular weight is 292 g/mol. The van der Waals surface area contributed by atoms with E-state index in [9.17, 15) is 9.90 Å². The maximum absolute atomic E-state index is 11.7. The molecule has 0 unspecified atom stereocenters. The highest BCUT2D eigenvalue weighted by atomic mass is 16.5. The van der Waals surface area contributed by atoms with Crippen molar-refractivity contribution in [2.24, 2.45) is 0 Å². The number of aromatic carboxylic acids is 1. The van der Waals surface area contributed by atoms with Crippen LogP contribution in [0.3, 0.4) is 0 Å². The smallest absolute Gasteiger partial charge is 0.336 e. The molecule has 0 spiro atoms. The van der Waals surface area contributed by atoms with Crippen molar-refractivity contribution in [2.75, 3.05) is 7.11 Å². The summed E-state index contributed by atoms with van der Waals surface area (Å²) < 4.78 is 5.20. The Morgan fingerprint density at radius 3 is 2.50 bits per heavy atom. The molecule has 3 nitrogen and oxygen atoms in total. The van der Waals surface area contributed by atoms with Crippen LogP contribution in [-0.2, 0) is 6.42 Å². The summed E-state index contributed by atoms with van der Waals surface area (Å²) in [7, 11) is 1.60. The molecule has 3 rings (SSSR count). The molecule has 0 heterocycles. The van der Waals surface area contributed by atoms with E-state index >= 15 is 0 Å². The largest absolute Gasteiger partial charge is 0.497 e. The van der Waals surface area contributed by atoms with Crippen LogP contribution in [-0.4, -0.2) is 18.2 Å². The molecule has 0 fully saturated rings. The van der Waals surface area contributed by atoms with Gasteiger partial charge in [0.15, 0.2) is 0 Å². The number of ether oxygens (including phenoxy) is 1. The Hall–Kier alpha value is -2.81. The van der Waals surface area contributed by atoms with E-state index in [4.69, 9.17) is 4.74 Å². The average Bonchev–Trinajstić information content (AvgIpc) is 2.54. The van der Waals surface area contributed by atoms with Crippen molar-refractivity contribution in [3.63, 3.8) is 0 Å². The lowest BCUT2D eigenvalue weighted by molar-refractivity contribution is 0.0698. The van der Waals surface area contributed by atoms with Gasteiger partial charge in [-0.25, -0.2) is 4.79 Å². The summed E-state index contributed by atoms with van der Waals surface area (Å²) in [6.07, 6.45) is 0.602. The van der Waals surface area contributed by atoms with Crippen LogP contribution < -0.4 is 4.74 Å². The Labute approximate surface area is 128 Å². The van der Waals surface area contributed by atoms with Gasteiger partial charge < -0.3 is 9.84 Å². The first-order chi connectivity index (χ1) is 10.7. The third-order valence-electron chi connectivity index (χ3n) is 3.76. The van der Waals surface area contributed by atoms with Gasteiger partial charge in [-0.05, 0) is 46.5 Å². The fourth-order valence-corrected chi connectivity index (χ4v) is 2.70. The number of hydrogen-bond acceptors (Lipinski definition) is 2. The second-order valence-corrected chi connectivity index (χ2v) is 5.15. The predicted molar refractivity (Wildman–Crippen MR) is 86.7 cm³/mol. The highest BCUT2D eigenvalue weighted by molar-refractivity contribution is 6.05. The van der Waals surface area contributed by atoms with Gasteiger partial charge in [0.05, 0.1) is 12.7 Å². The molecule has 3 aromatic carbocycles. The SMILES string of the molecule is COc1ccc2c(C(=O)O)c(Cc3ccccc3)ccc2c1. The van der Waals surface area contributed by atoms with E-state index < -0.39 is 5.97 Å². The molecular weight excluding hydrogens is 276 g/mol. The molecule has 1 N–H and O–H groups in total. The summed E-state index contributed by atoms with van der Waals surface area (Å²) in [6, 6.07) is 19.2. The minimum atomic E-state index is -0.901. The zero-order valence-electron chi connectivity index (χ0n) is 12.2. The van der Waals surface area contributed by atoms with Gasteiger partial charge >= 0.3 is 5.97 Å². The number of carboxylic acid groups (broad SMARTS) is 1. The Morgan fingerprint density at radius 2 is 1.82 bits per heavy atom. The molecule has 0 amide bonds. The standard InChI is InChI=1S/C19H16O3/c1-22-16-9-10-17-14(12-16)7-8-15(18(17)19(20)21)11-13-5-3-2-4-6-13/h2-10,12H,11H2,1H3,(H,20,21). The molecule has 0 bridgehead atoms. The predicted octanol–water partition coefficient (Wildman–Crippen LogP) is 4.14. The van der Waals surface area contributed by atoms with Gasteiger partial charge in [0.1, 0.15) is 5.75 Å². The van der Waals surface area contributed by atoms with Crippen molar-refractivity contribution >= 4 is 16.7 Å². The van der Waals surface area contributed by atoms with Crippen LogP contribution in [0.25, 0.3) is 10.8 Å². The highest BCUT2D eigenvalue weighted by Crippen LogP contribution is 2.27. The lowest BCUT2D eigenvalue weighted by Gasteiger charge is -2.11. The van der Waals surface area contributed by atoms with Gasteiger partial charge in [-0.3, -0.25) is 0 Å². The molecule has 3 heteroatoms. The number of carbonyl (C=O) groups is 1. The van der Waals surface area contributed by atoms with Gasteiger partial charge in [0, 0.05) is 0 Å². The summed E-state index contributed by atoms with van der Waals surface area (Å²) >= 11 is 0. The molecule has 0 atom stereocenters. The number of carboxylic acids is 1. The molecule has 0 aromatic heterocycles. The molecule has 0 saturated carbocycles. The fourth-order valence-electron chi connectivity index (χ4n) is 2.70. The van der Waals surface area contributed by atoms with Gasteiger partial charge in [-0.2, -0.15) is 0 Å². The lowest BCUT2D eigenvalue weighted by Crippen LogP contribution is -2.04. The first-order valence-corrected chi connectivity index (χ1v) is 7.06. The Balaban J connectivity index is 2.14. The molecule has 0 radical (unpaired) electrons. The molecule has 0 aliphatic rings. The van der Waals surface area contributed by atoms with Crippen LogP contribution in [0.15, 0.2) is 60.7 Å². The van der Waals surface area contributed by atoms with Gasteiger partial charge in [-0.15, -0.1) is 0 Å². The maximum atomic E-state index is 11.7. The molecule has 0 aliphatic heterocycles. The zero-order valence-corrected chi connectivity index (χ0v) is 12.2. The van der Waals surface area contributed by atoms with E-state index in [1.165, 1.54) is 0 Å². The van der Waals surface area contributed by atoms with Crippen molar-refractivity contribution in [3.8, 4) is 5.75 Å². The van der Waals surface area contributed by atoms with Gasteiger partial charge in [0.25, 0.3) is 0 Å². The van der Waals surface area contributed by atoms with Gasteiger partial charge in [-0.1, -0.05) is 42.5 Å². The van der Waals surface area contributed by atoms with Crippen LogP contribution in [0, 0.1) is 0 Å². The first-order valence-electron chi connectivity index (χ1n) is 7.06. The van der Waals surface area contributed by atoms with Crippen LogP contribution in [0.4, 0.5) is 0 Å². The summed E-state index contributed by atoms with van der Waals surface area (Å²) in [5.74, 6) is -0.179. The molecule has 110 valence electrons. The van der Waals surface area contributed by atoms with Crippen molar-refractivity contribution in [2.45, 2.75) is 6.42 Å². The summed E-state index contributed by atoms with van der Waals surface area (Å²) in [5, 5.41) is 11.2. The highest BCUT2D eigenvalue weighted by Gasteiger charge is 2.15. The van der Waals surface area contributed by atoms with Gasteiger partial charge in [0.2, 0.25) is 0 Å². The minimum absolute atomic E-state index is 0.365. The Kier molecular flexibility index (Phi) is 3.79. The first kappa shape index (κ1) is 14.1. The fraction of sp³-hybridized carbons (Fsp3) is 0.105. The molecule has 0 saturated heterocycles. The maximum Gasteiger partial charge on any atom is 0.336 e. The normalized spacial score (nSPS) is 10.6. The number of benzene rings is 3. The third-order valence-corrected chi connectivity index (χ3v) is 3.76. The molecular formula is C19H16O3. The number of hydrogen-bond donors (Lipinski definition) is 1. The lowest BCUT2D eigenvalue weighted by atomic mass is 9.94. The van der Waals surface area contributed by atoms with E-state index in [0.29, 0.717) is 12.0 Å². The minimum Gasteiger partial charge on any atom is -0.497 e. The molecule has 22 heavy (non-hydrogen) atoms. The monoisotopic (exact) mass is 292 g/mol. The molecule has 0 aliphatic carbocycles. The third kappa shape index (κ3) is 2.66. The van der Waals surface area contributed by atoms with E-state index in [-0.39, 0.29) is 0 Å². The topological polar surface area (TPSA) is 46.5 Å². The van der Waals surface area contributed by atoms with E-state index in [0.717, 1.165) is 27.6 Å². The zero-order chi connectivity index (χ0) is 15.5. The summed E-state index contributed by atoms with van der Waals surface area (Å²) in [6.45, 7) is 0.